The highest BCUT2D eigenvalue weighted by Crippen LogP contribution is 2.18. The van der Waals surface area contributed by atoms with Crippen molar-refractivity contribution in [1.29, 1.82) is 0 Å². The molecule has 9 heavy (non-hydrogen) atoms. The van der Waals surface area contributed by atoms with Gasteiger partial charge < -0.3 is 9.53 Å². The van der Waals surface area contributed by atoms with E-state index in [-0.39, 0.29) is 5.22 Å². The van der Waals surface area contributed by atoms with Crippen LogP contribution in [-0.4, -0.2) is 28.4 Å². The van der Waals surface area contributed by atoms with Crippen molar-refractivity contribution >= 4 is 16.5 Å². The van der Waals surface area contributed by atoms with Crippen LogP contribution in [0, 0.1) is 0 Å². The van der Waals surface area contributed by atoms with E-state index < -0.39 is 0 Å². The van der Waals surface area contributed by atoms with Crippen LogP contribution in [0.15, 0.2) is 0 Å². The van der Waals surface area contributed by atoms with Gasteiger partial charge in [-0.1, -0.05) is 0 Å². The normalized spacial score (nSPS) is 36.4. The number of ether oxygens (including phenoxy) is 1. The fourth-order valence-electron chi connectivity index (χ4n) is 1.05. The lowest BCUT2D eigenvalue weighted by atomic mass is 10.1. The molecule has 52 valence electrons. The molecule has 1 saturated heterocycles. The van der Waals surface area contributed by atoms with E-state index in [1.165, 1.54) is 0 Å². The van der Waals surface area contributed by atoms with Gasteiger partial charge >= 0.3 is 0 Å². The van der Waals surface area contributed by atoms with Crippen molar-refractivity contribution in [1.82, 2.24) is 0 Å². The maximum Gasteiger partial charge on any atom is 0.147 e. The number of carbonyl (C=O) groups excluding carboxylic acids is 1. The average Bonchev–Trinajstić information content (AvgIpc) is 1.90. The molecule has 1 atom stereocenters. The molecule has 0 aliphatic carbocycles. The van der Waals surface area contributed by atoms with Crippen molar-refractivity contribution in [3.63, 3.8) is 0 Å². The summed E-state index contributed by atoms with van der Waals surface area (Å²) in [4.78, 5) is 10.4. The molecular formula is C6H12O2Si. The third kappa shape index (κ3) is 1.63. The van der Waals surface area contributed by atoms with E-state index >= 15 is 0 Å². The predicted octanol–water partition coefficient (Wildman–Crippen LogP) is -0.552. The van der Waals surface area contributed by atoms with Crippen LogP contribution in [0.3, 0.4) is 0 Å². The van der Waals surface area contributed by atoms with E-state index in [0.717, 1.165) is 42.4 Å². The first kappa shape index (κ1) is 6.96. The third-order valence-electron chi connectivity index (χ3n) is 1.75. The standard InChI is InChI=1S/C6H12O2Si/c7-5-6(9)3-1-2-4-8-6/h5H,1-4H2,9H3. The molecule has 0 aromatic rings. The number of carbonyl (C=O) groups is 1. The Morgan fingerprint density at radius 1 is 1.56 bits per heavy atom. The second-order valence-corrected chi connectivity index (χ2v) is 4.43. The van der Waals surface area contributed by atoms with E-state index in [4.69, 9.17) is 4.74 Å². The van der Waals surface area contributed by atoms with E-state index in [0.29, 0.717) is 0 Å². The molecule has 3 heteroatoms. The summed E-state index contributed by atoms with van der Waals surface area (Å²) < 4.78 is 5.31. The van der Waals surface area contributed by atoms with Crippen LogP contribution >= 0.6 is 0 Å². The SMILES string of the molecule is O=CC1([SiH3])CCCCO1. The largest absolute Gasteiger partial charge is 0.372 e. The predicted molar refractivity (Wildman–Crippen MR) is 38.5 cm³/mol. The van der Waals surface area contributed by atoms with E-state index in [9.17, 15) is 4.79 Å². The van der Waals surface area contributed by atoms with E-state index in [1.807, 2.05) is 0 Å². The van der Waals surface area contributed by atoms with Gasteiger partial charge in [0.05, 0.1) is 10.2 Å². The highest BCUT2D eigenvalue weighted by atomic mass is 28.1. The van der Waals surface area contributed by atoms with Gasteiger partial charge in [0.2, 0.25) is 0 Å². The molecule has 0 spiro atoms. The van der Waals surface area contributed by atoms with E-state index in [2.05, 4.69) is 0 Å². The van der Waals surface area contributed by atoms with Crippen LogP contribution < -0.4 is 0 Å². The first-order valence-corrected chi connectivity index (χ1v) is 4.37. The lowest BCUT2D eigenvalue weighted by Crippen LogP contribution is -2.38. The lowest BCUT2D eigenvalue weighted by Gasteiger charge is -2.28. The minimum atomic E-state index is -0.321. The summed E-state index contributed by atoms with van der Waals surface area (Å²) >= 11 is 0. The molecule has 1 aliphatic heterocycles. The van der Waals surface area contributed by atoms with E-state index in [1.54, 1.807) is 0 Å². The van der Waals surface area contributed by atoms with Crippen LogP contribution in [-0.2, 0) is 9.53 Å². The highest BCUT2D eigenvalue weighted by Gasteiger charge is 2.26. The molecule has 1 heterocycles. The fraction of sp³-hybridized carbons (Fsp3) is 0.833. The summed E-state index contributed by atoms with van der Waals surface area (Å²) in [6.07, 6.45) is 4.20. The first-order chi connectivity index (χ1) is 4.27. The maximum absolute atomic E-state index is 10.4. The Kier molecular flexibility index (Phi) is 2.03. The molecule has 0 aromatic carbocycles. The van der Waals surface area contributed by atoms with Crippen molar-refractivity contribution in [2.75, 3.05) is 6.61 Å². The Balaban J connectivity index is 2.46. The summed E-state index contributed by atoms with van der Waals surface area (Å²) in [7, 11) is 0.840. The molecule has 0 aromatic heterocycles. The van der Waals surface area contributed by atoms with Gasteiger partial charge in [0.25, 0.3) is 0 Å². The Labute approximate surface area is 58.0 Å². The van der Waals surface area contributed by atoms with Gasteiger partial charge in [-0.15, -0.1) is 0 Å². The molecule has 0 bridgehead atoms. The summed E-state index contributed by atoms with van der Waals surface area (Å²) in [6.45, 7) is 0.780. The molecule has 1 rings (SSSR count). The summed E-state index contributed by atoms with van der Waals surface area (Å²) in [6, 6.07) is 0. The van der Waals surface area contributed by atoms with Gasteiger partial charge in [0.15, 0.2) is 0 Å². The number of hydrogen-bond acceptors (Lipinski definition) is 2. The zero-order chi connectivity index (χ0) is 6.74. The molecule has 1 aliphatic rings. The minimum absolute atomic E-state index is 0.321. The van der Waals surface area contributed by atoms with Gasteiger partial charge in [-0.3, -0.25) is 0 Å². The zero-order valence-electron chi connectivity index (χ0n) is 5.72. The van der Waals surface area contributed by atoms with Crippen LogP contribution in [0.2, 0.25) is 0 Å². The molecule has 2 nitrogen and oxygen atoms in total. The second-order valence-electron chi connectivity index (χ2n) is 2.74. The van der Waals surface area contributed by atoms with Crippen LogP contribution in [0.5, 0.6) is 0 Å². The molecule has 0 saturated carbocycles. The van der Waals surface area contributed by atoms with Crippen molar-refractivity contribution in [3.05, 3.63) is 0 Å². The van der Waals surface area contributed by atoms with Crippen LogP contribution in [0.25, 0.3) is 0 Å². The Morgan fingerprint density at radius 2 is 2.33 bits per heavy atom. The van der Waals surface area contributed by atoms with Crippen molar-refractivity contribution in [2.24, 2.45) is 0 Å². The highest BCUT2D eigenvalue weighted by molar-refractivity contribution is 6.23. The maximum atomic E-state index is 10.4. The van der Waals surface area contributed by atoms with Crippen LogP contribution in [0.4, 0.5) is 0 Å². The summed E-state index contributed by atoms with van der Waals surface area (Å²) in [5, 5.41) is -0.321. The third-order valence-corrected chi connectivity index (χ3v) is 2.77. The quantitative estimate of drug-likeness (QED) is 0.364. The summed E-state index contributed by atoms with van der Waals surface area (Å²) in [5.41, 5.74) is 0. The summed E-state index contributed by atoms with van der Waals surface area (Å²) in [5.74, 6) is 0. The minimum Gasteiger partial charge on any atom is -0.372 e. The molecule has 0 N–H and O–H groups in total. The van der Waals surface area contributed by atoms with Gasteiger partial charge in [-0.05, 0) is 19.3 Å². The average molecular weight is 144 g/mol. The van der Waals surface area contributed by atoms with Crippen molar-refractivity contribution < 1.29 is 9.53 Å². The molecule has 0 radical (unpaired) electrons. The molecule has 1 unspecified atom stereocenters. The smallest absolute Gasteiger partial charge is 0.147 e. The topological polar surface area (TPSA) is 26.3 Å². The Bertz CT molecular complexity index is 108. The molecule has 1 fully saturated rings. The molecule has 0 amide bonds. The molecular weight excluding hydrogens is 132 g/mol. The van der Waals surface area contributed by atoms with Gasteiger partial charge in [0, 0.05) is 6.61 Å². The number of aldehydes is 1. The van der Waals surface area contributed by atoms with Gasteiger partial charge in [0.1, 0.15) is 11.5 Å². The monoisotopic (exact) mass is 144 g/mol. The Hall–Kier alpha value is -0.153. The second kappa shape index (κ2) is 2.62. The lowest BCUT2D eigenvalue weighted by molar-refractivity contribution is -0.125. The van der Waals surface area contributed by atoms with Gasteiger partial charge in [-0.2, -0.15) is 0 Å². The van der Waals surface area contributed by atoms with Crippen molar-refractivity contribution in [3.8, 4) is 0 Å². The zero-order valence-corrected chi connectivity index (χ0v) is 7.72. The number of rotatable bonds is 1. The fourth-order valence-corrected chi connectivity index (χ4v) is 1.61. The van der Waals surface area contributed by atoms with Crippen molar-refractivity contribution in [2.45, 2.75) is 24.5 Å². The first-order valence-electron chi connectivity index (χ1n) is 3.37. The number of hydrogen-bond donors (Lipinski definition) is 0. The van der Waals surface area contributed by atoms with Gasteiger partial charge in [-0.25, -0.2) is 0 Å². The van der Waals surface area contributed by atoms with Crippen LogP contribution in [0.1, 0.15) is 19.3 Å². The Morgan fingerprint density at radius 3 is 2.67 bits per heavy atom.